The Hall–Kier alpha value is -0.214. The Balaban J connectivity index is 0.00000288. The topological polar surface area (TPSA) is 66.4 Å². The van der Waals surface area contributed by atoms with Gasteiger partial charge >= 0.3 is 51.4 Å². The van der Waals surface area contributed by atoms with Gasteiger partial charge in [-0.05, 0) is 54.8 Å². The summed E-state index contributed by atoms with van der Waals surface area (Å²) < 4.78 is 38.4. The number of benzene rings is 2. The molecule has 0 spiro atoms. The van der Waals surface area contributed by atoms with Crippen LogP contribution < -0.4 is 56.1 Å². The Labute approximate surface area is 186 Å². The zero-order chi connectivity index (χ0) is 16.7. The van der Waals surface area contributed by atoms with E-state index < -0.39 is 10.1 Å². The number of aryl methyl sites for hydroxylation is 1. The number of hydrogen-bond donors (Lipinski definition) is 0. The SMILES string of the molecule is CCCCCCc1cccc(Oc2ccc(S(=O)(=O)[O-])cc2)c1.[K+]. The molecule has 0 saturated carbocycles. The molecule has 24 heavy (non-hydrogen) atoms. The molecule has 2 aromatic rings. The largest absolute Gasteiger partial charge is 1.00 e. The first-order valence-electron chi connectivity index (χ1n) is 7.82. The molecule has 0 N–H and O–H groups in total. The Kier molecular flexibility index (Phi) is 9.74. The maximum atomic E-state index is 10.9. The van der Waals surface area contributed by atoms with Crippen molar-refractivity contribution in [1.29, 1.82) is 0 Å². The van der Waals surface area contributed by atoms with Crippen LogP contribution in [0.15, 0.2) is 53.4 Å². The molecule has 6 heteroatoms. The Morgan fingerprint density at radius 2 is 1.67 bits per heavy atom. The fourth-order valence-corrected chi connectivity index (χ4v) is 2.80. The normalized spacial score (nSPS) is 10.9. The Morgan fingerprint density at radius 3 is 2.29 bits per heavy atom. The van der Waals surface area contributed by atoms with Crippen LogP contribution in [0.4, 0.5) is 0 Å². The smallest absolute Gasteiger partial charge is 0.744 e. The monoisotopic (exact) mass is 372 g/mol. The third-order valence-electron chi connectivity index (χ3n) is 3.57. The van der Waals surface area contributed by atoms with E-state index in [1.165, 1.54) is 49.1 Å². The third kappa shape index (κ3) is 7.35. The number of hydrogen-bond acceptors (Lipinski definition) is 4. The van der Waals surface area contributed by atoms with E-state index in [0.717, 1.165) is 12.8 Å². The van der Waals surface area contributed by atoms with Crippen molar-refractivity contribution in [2.75, 3.05) is 0 Å². The third-order valence-corrected chi connectivity index (χ3v) is 4.42. The molecular formula is C18H21KO4S. The van der Waals surface area contributed by atoms with Crippen molar-refractivity contribution in [2.24, 2.45) is 0 Å². The summed E-state index contributed by atoms with van der Waals surface area (Å²) in [6.45, 7) is 2.19. The summed E-state index contributed by atoms with van der Waals surface area (Å²) in [7, 11) is -4.42. The molecule has 0 aliphatic rings. The van der Waals surface area contributed by atoms with Gasteiger partial charge in [-0.25, -0.2) is 8.42 Å². The molecule has 0 unspecified atom stereocenters. The minimum atomic E-state index is -4.42. The summed E-state index contributed by atoms with van der Waals surface area (Å²) in [6.07, 6.45) is 5.88. The summed E-state index contributed by atoms with van der Waals surface area (Å²) in [5.41, 5.74) is 1.22. The zero-order valence-electron chi connectivity index (χ0n) is 14.2. The van der Waals surface area contributed by atoms with Crippen molar-refractivity contribution in [3.8, 4) is 11.5 Å². The van der Waals surface area contributed by atoms with E-state index in [1.807, 2.05) is 18.2 Å². The summed E-state index contributed by atoms with van der Waals surface area (Å²) in [5, 5.41) is 0. The molecule has 0 aromatic heterocycles. The Bertz CT molecular complexity index is 727. The van der Waals surface area contributed by atoms with Gasteiger partial charge in [0.2, 0.25) is 0 Å². The molecule has 2 rings (SSSR count). The van der Waals surface area contributed by atoms with Crippen LogP contribution >= 0.6 is 0 Å². The molecular weight excluding hydrogens is 351 g/mol. The maximum Gasteiger partial charge on any atom is 1.00 e. The molecule has 0 atom stereocenters. The molecule has 0 heterocycles. The van der Waals surface area contributed by atoms with Crippen LogP contribution in [0.5, 0.6) is 11.5 Å². The van der Waals surface area contributed by atoms with Gasteiger partial charge in [0, 0.05) is 0 Å². The number of unbranched alkanes of at least 4 members (excludes halogenated alkanes) is 3. The fraction of sp³-hybridized carbons (Fsp3) is 0.333. The van der Waals surface area contributed by atoms with Crippen LogP contribution in [0.2, 0.25) is 0 Å². The van der Waals surface area contributed by atoms with Crippen molar-refractivity contribution in [3.05, 3.63) is 54.1 Å². The van der Waals surface area contributed by atoms with Crippen molar-refractivity contribution in [3.63, 3.8) is 0 Å². The molecule has 2 aromatic carbocycles. The first kappa shape index (κ1) is 21.8. The van der Waals surface area contributed by atoms with Gasteiger partial charge in [-0.1, -0.05) is 38.3 Å². The summed E-state index contributed by atoms with van der Waals surface area (Å²) >= 11 is 0. The molecule has 0 aliphatic carbocycles. The zero-order valence-corrected chi connectivity index (χ0v) is 18.1. The van der Waals surface area contributed by atoms with Gasteiger partial charge in [-0.3, -0.25) is 0 Å². The average molecular weight is 373 g/mol. The van der Waals surface area contributed by atoms with E-state index in [0.29, 0.717) is 11.5 Å². The predicted octanol–water partition coefficient (Wildman–Crippen LogP) is 1.51. The van der Waals surface area contributed by atoms with Crippen molar-refractivity contribution >= 4 is 10.1 Å². The van der Waals surface area contributed by atoms with Gasteiger partial charge in [-0.15, -0.1) is 0 Å². The number of ether oxygens (including phenoxy) is 1. The second-order valence-electron chi connectivity index (χ2n) is 5.49. The molecule has 0 aliphatic heterocycles. The first-order valence-corrected chi connectivity index (χ1v) is 9.22. The van der Waals surface area contributed by atoms with Crippen LogP contribution in [0.1, 0.15) is 38.2 Å². The summed E-state index contributed by atoms with van der Waals surface area (Å²) in [6, 6.07) is 13.3. The summed E-state index contributed by atoms with van der Waals surface area (Å²) in [5.74, 6) is 1.20. The van der Waals surface area contributed by atoms with Crippen molar-refractivity contribution in [1.82, 2.24) is 0 Å². The first-order chi connectivity index (χ1) is 11.0. The van der Waals surface area contributed by atoms with Crippen LogP contribution in [0.25, 0.3) is 0 Å². The molecule has 0 amide bonds. The fourth-order valence-electron chi connectivity index (χ4n) is 2.33. The maximum absolute atomic E-state index is 10.9. The predicted molar refractivity (Wildman–Crippen MR) is 88.8 cm³/mol. The second kappa shape index (κ2) is 10.7. The van der Waals surface area contributed by atoms with Gasteiger partial charge < -0.3 is 9.29 Å². The van der Waals surface area contributed by atoms with Gasteiger partial charge in [0.1, 0.15) is 21.6 Å². The van der Waals surface area contributed by atoms with Crippen LogP contribution in [0.3, 0.4) is 0 Å². The van der Waals surface area contributed by atoms with Gasteiger partial charge in [0.15, 0.2) is 0 Å². The molecule has 0 radical (unpaired) electrons. The van der Waals surface area contributed by atoms with Crippen LogP contribution in [-0.4, -0.2) is 13.0 Å². The Morgan fingerprint density at radius 1 is 0.958 bits per heavy atom. The van der Waals surface area contributed by atoms with Gasteiger partial charge in [-0.2, -0.15) is 0 Å². The van der Waals surface area contributed by atoms with Crippen molar-refractivity contribution in [2.45, 2.75) is 43.9 Å². The van der Waals surface area contributed by atoms with E-state index in [2.05, 4.69) is 13.0 Å². The minimum absolute atomic E-state index is 0. The van der Waals surface area contributed by atoms with Crippen molar-refractivity contribution < 1.29 is 69.1 Å². The van der Waals surface area contributed by atoms with E-state index in [4.69, 9.17) is 4.74 Å². The van der Waals surface area contributed by atoms with Gasteiger partial charge in [0.05, 0.1) is 4.90 Å². The molecule has 0 saturated heterocycles. The minimum Gasteiger partial charge on any atom is -0.744 e. The van der Waals surface area contributed by atoms with E-state index >= 15 is 0 Å². The number of rotatable bonds is 8. The molecule has 124 valence electrons. The molecule has 0 fully saturated rings. The summed E-state index contributed by atoms with van der Waals surface area (Å²) in [4.78, 5) is -0.255. The van der Waals surface area contributed by atoms with Crippen LogP contribution in [0, 0.1) is 0 Å². The molecule has 0 bridgehead atoms. The van der Waals surface area contributed by atoms with Crippen LogP contribution in [-0.2, 0) is 16.5 Å². The second-order valence-corrected chi connectivity index (χ2v) is 6.87. The quantitative estimate of drug-likeness (QED) is 0.400. The van der Waals surface area contributed by atoms with E-state index in [1.54, 1.807) is 0 Å². The standard InChI is InChI=1S/C18H22O4S.K/c1-2-3-4-5-7-15-8-6-9-17(14-15)22-16-10-12-18(13-11-16)23(19,20)21;/h6,8-14H,2-5,7H2,1H3,(H,19,20,21);/q;+1/p-1. The molecule has 4 nitrogen and oxygen atoms in total. The van der Waals surface area contributed by atoms with Gasteiger partial charge in [0.25, 0.3) is 0 Å². The average Bonchev–Trinajstić information content (AvgIpc) is 2.52. The van der Waals surface area contributed by atoms with E-state index in [-0.39, 0.29) is 56.3 Å². The van der Waals surface area contributed by atoms with E-state index in [9.17, 15) is 13.0 Å².